The molecule has 0 saturated heterocycles. The minimum Gasteiger partial charge on any atom is -0.457 e. The molecule has 0 saturated carbocycles. The molecule has 0 bridgehead atoms. The monoisotopic (exact) mass is 425 g/mol. The molecule has 5 nitrogen and oxygen atoms in total. The van der Waals surface area contributed by atoms with E-state index in [2.05, 4.69) is 9.97 Å². The summed E-state index contributed by atoms with van der Waals surface area (Å²) >= 11 is 0. The van der Waals surface area contributed by atoms with Crippen LogP contribution in [0.15, 0.2) is 54.9 Å². The van der Waals surface area contributed by atoms with Crippen molar-refractivity contribution in [3.8, 4) is 29.1 Å². The lowest BCUT2D eigenvalue weighted by molar-refractivity contribution is -0.142. The van der Waals surface area contributed by atoms with E-state index in [0.717, 1.165) is 12.4 Å². The van der Waals surface area contributed by atoms with Crippen LogP contribution < -0.4 is 9.47 Å². The number of aromatic nitrogens is 2. The van der Waals surface area contributed by atoms with Gasteiger partial charge in [-0.05, 0) is 24.3 Å². The van der Waals surface area contributed by atoms with Gasteiger partial charge in [0.25, 0.3) is 0 Å². The lowest BCUT2D eigenvalue weighted by Gasteiger charge is -2.12. The molecule has 11 heteroatoms. The Morgan fingerprint density at radius 1 is 0.667 bits per heavy atom. The summed E-state index contributed by atoms with van der Waals surface area (Å²) in [4.78, 5) is 6.42. The number of ether oxygens (including phenoxy) is 2. The third-order valence-electron chi connectivity index (χ3n) is 3.52. The average molecular weight is 425 g/mol. The average Bonchev–Trinajstić information content (AvgIpc) is 2.67. The maximum absolute atomic E-state index is 12.8. The maximum atomic E-state index is 12.8. The first-order chi connectivity index (χ1) is 14.0. The smallest absolute Gasteiger partial charge is 0.433 e. The SMILES string of the molecule is N#Cc1cc(Oc2ccnc(C(F)(F)F)c2)cc(Oc2ccnc(C(F)(F)F)c2)c1. The molecule has 3 rings (SSSR count). The van der Waals surface area contributed by atoms with Gasteiger partial charge in [0.05, 0.1) is 11.6 Å². The number of halogens is 6. The van der Waals surface area contributed by atoms with Crippen molar-refractivity contribution in [3.05, 3.63) is 71.8 Å². The summed E-state index contributed by atoms with van der Waals surface area (Å²) in [5, 5.41) is 9.14. The molecule has 1 aromatic carbocycles. The number of hydrogen-bond acceptors (Lipinski definition) is 5. The second-order valence-corrected chi connectivity index (χ2v) is 5.76. The van der Waals surface area contributed by atoms with Crippen molar-refractivity contribution < 1.29 is 35.8 Å². The zero-order valence-corrected chi connectivity index (χ0v) is 14.6. The van der Waals surface area contributed by atoms with E-state index in [1.54, 1.807) is 6.07 Å². The molecule has 2 aromatic heterocycles. The highest BCUT2D eigenvalue weighted by Gasteiger charge is 2.33. The van der Waals surface area contributed by atoms with Gasteiger partial charge in [-0.2, -0.15) is 31.6 Å². The lowest BCUT2D eigenvalue weighted by Crippen LogP contribution is -2.07. The molecule has 0 aliphatic rings. The Labute approximate surface area is 165 Å². The molecule has 0 spiro atoms. The Morgan fingerprint density at radius 3 is 1.47 bits per heavy atom. The van der Waals surface area contributed by atoms with Gasteiger partial charge in [0.1, 0.15) is 34.4 Å². The predicted molar refractivity (Wildman–Crippen MR) is 89.8 cm³/mol. The van der Waals surface area contributed by atoms with Crippen LogP contribution >= 0.6 is 0 Å². The Balaban J connectivity index is 1.89. The number of benzene rings is 1. The molecule has 0 fully saturated rings. The van der Waals surface area contributed by atoms with Crippen molar-refractivity contribution >= 4 is 0 Å². The van der Waals surface area contributed by atoms with Crippen LogP contribution in [0.4, 0.5) is 26.3 Å². The summed E-state index contributed by atoms with van der Waals surface area (Å²) in [7, 11) is 0. The van der Waals surface area contributed by atoms with Crippen molar-refractivity contribution in [2.24, 2.45) is 0 Å². The van der Waals surface area contributed by atoms with E-state index in [1.165, 1.54) is 30.3 Å². The molecular weight excluding hydrogens is 416 g/mol. The molecule has 0 amide bonds. The van der Waals surface area contributed by atoms with Crippen LogP contribution in [0.1, 0.15) is 17.0 Å². The van der Waals surface area contributed by atoms with Gasteiger partial charge in [0.2, 0.25) is 0 Å². The molecule has 0 radical (unpaired) electrons. The fraction of sp³-hybridized carbons (Fsp3) is 0.105. The van der Waals surface area contributed by atoms with Gasteiger partial charge in [0.15, 0.2) is 0 Å². The topological polar surface area (TPSA) is 68.0 Å². The normalized spacial score (nSPS) is 11.6. The van der Waals surface area contributed by atoms with E-state index in [-0.39, 0.29) is 28.6 Å². The number of rotatable bonds is 4. The zero-order valence-electron chi connectivity index (χ0n) is 14.6. The predicted octanol–water partition coefficient (Wildman–Crippen LogP) is 5.97. The Bertz CT molecular complexity index is 1030. The Morgan fingerprint density at radius 2 is 1.10 bits per heavy atom. The summed E-state index contributed by atoms with van der Waals surface area (Å²) in [6.45, 7) is 0. The molecule has 30 heavy (non-hydrogen) atoms. The van der Waals surface area contributed by atoms with Gasteiger partial charge in [-0.3, -0.25) is 9.97 Å². The first-order valence-electron chi connectivity index (χ1n) is 8.02. The van der Waals surface area contributed by atoms with Gasteiger partial charge in [-0.15, -0.1) is 0 Å². The van der Waals surface area contributed by atoms with Crippen molar-refractivity contribution in [2.75, 3.05) is 0 Å². The second-order valence-electron chi connectivity index (χ2n) is 5.76. The Kier molecular flexibility index (Phi) is 5.51. The van der Waals surface area contributed by atoms with Gasteiger partial charge in [-0.25, -0.2) is 0 Å². The van der Waals surface area contributed by atoms with Crippen LogP contribution in [0.3, 0.4) is 0 Å². The molecule has 0 N–H and O–H groups in total. The number of alkyl halides is 6. The summed E-state index contributed by atoms with van der Waals surface area (Å²) in [6, 6.07) is 9.15. The summed E-state index contributed by atoms with van der Waals surface area (Å²) in [5.74, 6) is -0.537. The van der Waals surface area contributed by atoms with Gasteiger partial charge in [-0.1, -0.05) is 0 Å². The third kappa shape index (κ3) is 5.16. The molecule has 0 unspecified atom stereocenters. The molecular formula is C19H9F6N3O2. The van der Waals surface area contributed by atoms with E-state index in [0.29, 0.717) is 12.1 Å². The van der Waals surface area contributed by atoms with E-state index in [9.17, 15) is 26.3 Å². The standard InChI is InChI=1S/C19H9F6N3O2/c20-18(21,22)16-8-12(1-3-27-16)29-14-5-11(10-26)6-15(7-14)30-13-2-4-28-17(9-13)19(23,24)25/h1-9H. The van der Waals surface area contributed by atoms with Crippen molar-refractivity contribution in [3.63, 3.8) is 0 Å². The van der Waals surface area contributed by atoms with Crippen molar-refractivity contribution in [1.82, 2.24) is 9.97 Å². The molecule has 0 atom stereocenters. The lowest BCUT2D eigenvalue weighted by atomic mass is 10.2. The Hall–Kier alpha value is -3.81. The van der Waals surface area contributed by atoms with Crippen LogP contribution in [-0.2, 0) is 12.4 Å². The van der Waals surface area contributed by atoms with Crippen LogP contribution in [0.25, 0.3) is 0 Å². The molecule has 0 aliphatic carbocycles. The summed E-state index contributed by atoms with van der Waals surface area (Å²) in [5.41, 5.74) is -2.34. The van der Waals surface area contributed by atoms with E-state index < -0.39 is 23.7 Å². The minimum atomic E-state index is -4.68. The van der Waals surface area contributed by atoms with Crippen molar-refractivity contribution in [1.29, 1.82) is 5.26 Å². The van der Waals surface area contributed by atoms with E-state index in [1.807, 2.05) is 0 Å². The summed E-state index contributed by atoms with van der Waals surface area (Å²) in [6.07, 6.45) is -7.56. The van der Waals surface area contributed by atoms with Crippen LogP contribution in [0, 0.1) is 11.3 Å². The third-order valence-corrected chi connectivity index (χ3v) is 3.52. The largest absolute Gasteiger partial charge is 0.457 e. The highest BCUT2D eigenvalue weighted by atomic mass is 19.4. The fourth-order valence-corrected chi connectivity index (χ4v) is 2.29. The van der Waals surface area contributed by atoms with Crippen LogP contribution in [-0.4, -0.2) is 9.97 Å². The molecule has 0 aliphatic heterocycles. The van der Waals surface area contributed by atoms with Gasteiger partial charge < -0.3 is 9.47 Å². The number of nitrogens with zero attached hydrogens (tertiary/aromatic N) is 3. The number of pyridine rings is 2. The van der Waals surface area contributed by atoms with E-state index >= 15 is 0 Å². The highest BCUT2D eigenvalue weighted by Crippen LogP contribution is 2.34. The zero-order chi connectivity index (χ0) is 21.9. The van der Waals surface area contributed by atoms with E-state index in [4.69, 9.17) is 14.7 Å². The maximum Gasteiger partial charge on any atom is 0.433 e. The molecule has 3 aromatic rings. The molecule has 154 valence electrons. The second kappa shape index (κ2) is 7.90. The van der Waals surface area contributed by atoms with Gasteiger partial charge >= 0.3 is 12.4 Å². The quantitative estimate of drug-likeness (QED) is 0.482. The first-order valence-corrected chi connectivity index (χ1v) is 8.02. The number of hydrogen-bond donors (Lipinski definition) is 0. The van der Waals surface area contributed by atoms with Crippen LogP contribution in [0.5, 0.6) is 23.0 Å². The van der Waals surface area contributed by atoms with Crippen molar-refractivity contribution in [2.45, 2.75) is 12.4 Å². The minimum absolute atomic E-state index is 0.0118. The highest BCUT2D eigenvalue weighted by molar-refractivity contribution is 5.47. The van der Waals surface area contributed by atoms with Crippen LogP contribution in [0.2, 0.25) is 0 Å². The summed E-state index contributed by atoms with van der Waals surface area (Å²) < 4.78 is 87.4. The number of nitriles is 1. The fourth-order valence-electron chi connectivity index (χ4n) is 2.29. The molecule has 2 heterocycles. The first kappa shape index (κ1) is 20.9. The van der Waals surface area contributed by atoms with Gasteiger partial charge in [0, 0.05) is 30.6 Å².